The molecule has 10 heteroatoms. The fourth-order valence-electron chi connectivity index (χ4n) is 3.45. The lowest BCUT2D eigenvalue weighted by Gasteiger charge is -2.28. The number of carbonyl (C=O) groups is 5. The highest BCUT2D eigenvalue weighted by molar-refractivity contribution is 5.94. The van der Waals surface area contributed by atoms with Gasteiger partial charge in [-0.15, -0.1) is 0 Å². The summed E-state index contributed by atoms with van der Waals surface area (Å²) in [5.41, 5.74) is 5.60. The zero-order valence-corrected chi connectivity index (χ0v) is 21.3. The number of nitrogens with two attached hydrogens (primary N) is 1. The monoisotopic (exact) mass is 510 g/mol. The van der Waals surface area contributed by atoms with Crippen LogP contribution in [-0.2, 0) is 36.8 Å². The van der Waals surface area contributed by atoms with Gasteiger partial charge >= 0.3 is 5.97 Å². The number of benzene rings is 2. The van der Waals surface area contributed by atoms with Crippen molar-refractivity contribution >= 4 is 29.6 Å². The Labute approximate surface area is 216 Å². The van der Waals surface area contributed by atoms with Crippen LogP contribution in [0.2, 0.25) is 0 Å². The summed E-state index contributed by atoms with van der Waals surface area (Å²) in [5.74, 6) is -1.99. The van der Waals surface area contributed by atoms with E-state index in [4.69, 9.17) is 10.5 Å². The fraction of sp³-hybridized carbons (Fsp3) is 0.370. The average molecular weight is 511 g/mol. The molecule has 10 nitrogen and oxygen atoms in total. The van der Waals surface area contributed by atoms with E-state index < -0.39 is 41.2 Å². The molecular formula is C27H34N4O6. The number of amides is 4. The van der Waals surface area contributed by atoms with E-state index in [0.717, 1.165) is 11.1 Å². The predicted octanol–water partition coefficient (Wildman–Crippen LogP) is 1.16. The summed E-state index contributed by atoms with van der Waals surface area (Å²) >= 11 is 0. The minimum atomic E-state index is -1.26. The van der Waals surface area contributed by atoms with Gasteiger partial charge in [0.1, 0.15) is 17.3 Å². The van der Waals surface area contributed by atoms with Crippen molar-refractivity contribution in [1.82, 2.24) is 16.0 Å². The Hall–Kier alpha value is -4.21. The van der Waals surface area contributed by atoms with Crippen molar-refractivity contribution in [2.75, 3.05) is 6.54 Å². The predicted molar refractivity (Wildman–Crippen MR) is 137 cm³/mol. The molecule has 0 bridgehead atoms. The molecule has 2 aromatic carbocycles. The highest BCUT2D eigenvalue weighted by atomic mass is 16.5. The van der Waals surface area contributed by atoms with Crippen molar-refractivity contribution in [1.29, 1.82) is 0 Å². The van der Waals surface area contributed by atoms with E-state index in [1.165, 1.54) is 6.92 Å². The third-order valence-electron chi connectivity index (χ3n) is 5.42. The summed E-state index contributed by atoms with van der Waals surface area (Å²) in [5, 5.41) is 8.16. The van der Waals surface area contributed by atoms with Crippen LogP contribution in [0.4, 0.5) is 0 Å². The first-order valence-corrected chi connectivity index (χ1v) is 12.0. The first-order chi connectivity index (χ1) is 17.5. The maximum Gasteiger partial charge on any atom is 0.308 e. The lowest BCUT2D eigenvalue weighted by Crippen LogP contribution is -2.59. The molecule has 0 spiro atoms. The normalized spacial score (nSPS) is 11.6. The van der Waals surface area contributed by atoms with Crippen LogP contribution < -0.4 is 26.4 Å². The highest BCUT2D eigenvalue weighted by Gasteiger charge is 2.32. The van der Waals surface area contributed by atoms with Crippen molar-refractivity contribution in [3.8, 4) is 5.75 Å². The Bertz CT molecular complexity index is 1100. The second-order valence-corrected chi connectivity index (χ2v) is 9.13. The number of carbonyl (C=O) groups excluding carboxylic acids is 5. The summed E-state index contributed by atoms with van der Waals surface area (Å²) in [6.45, 7) is 4.79. The van der Waals surface area contributed by atoms with Crippen LogP contribution in [0.25, 0.3) is 0 Å². The van der Waals surface area contributed by atoms with Gasteiger partial charge in [0.15, 0.2) is 0 Å². The lowest BCUT2D eigenvalue weighted by molar-refractivity contribution is -0.134. The van der Waals surface area contributed by atoms with Gasteiger partial charge in [-0.3, -0.25) is 24.0 Å². The smallest absolute Gasteiger partial charge is 0.308 e. The molecule has 37 heavy (non-hydrogen) atoms. The van der Waals surface area contributed by atoms with Crippen LogP contribution in [0.5, 0.6) is 5.75 Å². The molecule has 2 rings (SSSR count). The number of nitrogens with one attached hydrogen (secondary N) is 3. The molecule has 0 aliphatic heterocycles. The van der Waals surface area contributed by atoms with Crippen LogP contribution in [0.1, 0.15) is 44.7 Å². The van der Waals surface area contributed by atoms with E-state index in [0.29, 0.717) is 18.7 Å². The number of hydrogen-bond acceptors (Lipinski definition) is 6. The van der Waals surface area contributed by atoms with Gasteiger partial charge in [-0.25, -0.2) is 0 Å². The minimum Gasteiger partial charge on any atom is -0.427 e. The van der Waals surface area contributed by atoms with Gasteiger partial charge < -0.3 is 26.4 Å². The van der Waals surface area contributed by atoms with Crippen LogP contribution in [0.15, 0.2) is 54.6 Å². The van der Waals surface area contributed by atoms with E-state index in [9.17, 15) is 24.0 Å². The molecule has 0 aliphatic carbocycles. The largest absolute Gasteiger partial charge is 0.427 e. The van der Waals surface area contributed by atoms with Crippen LogP contribution in [0.3, 0.4) is 0 Å². The Balaban J connectivity index is 1.96. The van der Waals surface area contributed by atoms with Gasteiger partial charge in [0, 0.05) is 32.7 Å². The van der Waals surface area contributed by atoms with E-state index >= 15 is 0 Å². The highest BCUT2D eigenvalue weighted by Crippen LogP contribution is 2.13. The zero-order chi connectivity index (χ0) is 27.4. The molecule has 5 N–H and O–H groups in total. The number of rotatable bonds is 13. The molecule has 1 atom stereocenters. The van der Waals surface area contributed by atoms with Crippen molar-refractivity contribution < 1.29 is 28.7 Å². The number of ether oxygens (including phenoxy) is 1. The van der Waals surface area contributed by atoms with Crippen molar-refractivity contribution in [3.05, 3.63) is 65.7 Å². The van der Waals surface area contributed by atoms with Gasteiger partial charge in [0.2, 0.25) is 23.6 Å². The number of esters is 1. The molecule has 0 aromatic heterocycles. The molecule has 0 saturated carbocycles. The van der Waals surface area contributed by atoms with E-state index in [1.807, 2.05) is 30.3 Å². The SMILES string of the molecule is CC(=O)Oc1ccc(CCNC(=O)C(C)(C)NC(=O)[C@H](Cc2ccccc2)NC(=O)CCC(N)=O)cc1. The molecule has 4 amide bonds. The molecule has 0 fully saturated rings. The Morgan fingerprint density at radius 3 is 2.16 bits per heavy atom. The Morgan fingerprint density at radius 2 is 1.57 bits per heavy atom. The van der Waals surface area contributed by atoms with E-state index in [-0.39, 0.29) is 19.3 Å². The third kappa shape index (κ3) is 10.5. The summed E-state index contributed by atoms with van der Waals surface area (Å²) in [7, 11) is 0. The first-order valence-electron chi connectivity index (χ1n) is 12.0. The summed E-state index contributed by atoms with van der Waals surface area (Å²) in [6, 6.07) is 15.1. The molecule has 0 aliphatic rings. The third-order valence-corrected chi connectivity index (χ3v) is 5.42. The van der Waals surface area contributed by atoms with E-state index in [2.05, 4.69) is 16.0 Å². The second kappa shape index (κ2) is 13.8. The Kier molecular flexibility index (Phi) is 10.8. The molecule has 0 radical (unpaired) electrons. The van der Waals surface area contributed by atoms with Crippen LogP contribution in [-0.4, -0.2) is 47.7 Å². The molecular weight excluding hydrogens is 476 g/mol. The molecule has 0 heterocycles. The van der Waals surface area contributed by atoms with E-state index in [1.54, 1.807) is 38.1 Å². The van der Waals surface area contributed by atoms with Gasteiger partial charge in [0.05, 0.1) is 0 Å². The topological polar surface area (TPSA) is 157 Å². The van der Waals surface area contributed by atoms with Crippen LogP contribution in [0, 0.1) is 0 Å². The Morgan fingerprint density at radius 1 is 0.919 bits per heavy atom. The quantitative estimate of drug-likeness (QED) is 0.234. The van der Waals surface area contributed by atoms with Crippen molar-refractivity contribution in [2.24, 2.45) is 5.73 Å². The average Bonchev–Trinajstić information content (AvgIpc) is 2.83. The maximum absolute atomic E-state index is 13.1. The number of primary amides is 1. The minimum absolute atomic E-state index is 0.133. The summed E-state index contributed by atoms with van der Waals surface area (Å²) < 4.78 is 5.00. The molecule has 0 unspecified atom stereocenters. The molecule has 0 saturated heterocycles. The maximum atomic E-state index is 13.1. The first kappa shape index (κ1) is 29.0. The van der Waals surface area contributed by atoms with Crippen LogP contribution >= 0.6 is 0 Å². The van der Waals surface area contributed by atoms with Crippen molar-refractivity contribution in [3.63, 3.8) is 0 Å². The molecule has 2 aromatic rings. The van der Waals surface area contributed by atoms with Gasteiger partial charge in [-0.1, -0.05) is 42.5 Å². The zero-order valence-electron chi connectivity index (χ0n) is 21.3. The summed E-state index contributed by atoms with van der Waals surface area (Å²) in [6.07, 6.45) is 0.463. The number of hydrogen-bond donors (Lipinski definition) is 4. The second-order valence-electron chi connectivity index (χ2n) is 9.13. The lowest BCUT2D eigenvalue weighted by atomic mass is 10.0. The van der Waals surface area contributed by atoms with Gasteiger partial charge in [0.25, 0.3) is 0 Å². The van der Waals surface area contributed by atoms with Crippen molar-refractivity contribution in [2.45, 2.75) is 58.0 Å². The summed E-state index contributed by atoms with van der Waals surface area (Å²) in [4.78, 5) is 60.3. The van der Waals surface area contributed by atoms with Gasteiger partial charge in [-0.05, 0) is 43.5 Å². The van der Waals surface area contributed by atoms with Gasteiger partial charge in [-0.2, -0.15) is 0 Å². The fourth-order valence-corrected chi connectivity index (χ4v) is 3.45. The standard InChI is InChI=1S/C27H34N4O6/c1-18(32)37-21-11-9-19(10-12-21)15-16-29-26(36)27(2,3)31-25(35)22(17-20-7-5-4-6-8-20)30-24(34)14-13-23(28)33/h4-12,22H,13-17H2,1-3H3,(H2,28,33)(H,29,36)(H,30,34)(H,31,35)/t22-/m0/s1. The molecule has 198 valence electrons.